The van der Waals surface area contributed by atoms with E-state index < -0.39 is 15.2 Å². The van der Waals surface area contributed by atoms with Gasteiger partial charge in [-0.05, 0) is 29.8 Å². The van der Waals surface area contributed by atoms with Gasteiger partial charge >= 0.3 is 0 Å². The predicted octanol–water partition coefficient (Wildman–Crippen LogP) is 1.92. The van der Waals surface area contributed by atoms with Crippen molar-refractivity contribution in [2.75, 3.05) is 11.2 Å². The van der Waals surface area contributed by atoms with Crippen LogP contribution in [0.2, 0.25) is 0 Å². The first kappa shape index (κ1) is 14.4. The average molecular weight is 291 g/mol. The molecule has 5 nitrogen and oxygen atoms in total. The molecule has 0 aliphatic heterocycles. The zero-order chi connectivity index (χ0) is 14.6. The number of hydrazine groups is 1. The van der Waals surface area contributed by atoms with Crippen LogP contribution in [0, 0.1) is 0 Å². The summed E-state index contributed by atoms with van der Waals surface area (Å²) in [4.78, 5) is 0. The molecule has 106 valence electrons. The normalized spacial score (nSPS) is 12.8. The molecule has 0 saturated carbocycles. The van der Waals surface area contributed by atoms with E-state index >= 15 is 0 Å². The Morgan fingerprint density at radius 1 is 1.25 bits per heavy atom. The molecule has 0 spiro atoms. The molecular weight excluding hydrogens is 274 g/mol. The molecule has 0 radical (unpaired) electrons. The first-order valence-corrected chi connectivity index (χ1v) is 7.81. The second-order valence-corrected chi connectivity index (χ2v) is 6.47. The Bertz CT molecular complexity index is 661. The van der Waals surface area contributed by atoms with E-state index in [1.54, 1.807) is 53.4 Å². The lowest BCUT2D eigenvalue weighted by Gasteiger charge is -2.19. The van der Waals surface area contributed by atoms with Crippen LogP contribution in [0.1, 0.15) is 10.9 Å². The molecule has 1 aromatic heterocycles. The molecule has 0 aliphatic rings. The monoisotopic (exact) mass is 291 g/mol. The fourth-order valence-electron chi connectivity index (χ4n) is 2.07. The minimum absolute atomic E-state index is 0.0766. The molecule has 20 heavy (non-hydrogen) atoms. The third-order valence-electron chi connectivity index (χ3n) is 2.95. The molecule has 1 unspecified atom stereocenters. The Morgan fingerprint density at radius 3 is 2.35 bits per heavy atom. The van der Waals surface area contributed by atoms with Crippen molar-refractivity contribution < 1.29 is 8.42 Å². The SMILES string of the molecule is C=CCS(=O)(=O)C(c1ccc(NN)cc1)n1cccc1. The fraction of sp³-hybridized carbons (Fsp3) is 0.143. The number of anilines is 1. The van der Waals surface area contributed by atoms with Gasteiger partial charge in [-0.2, -0.15) is 0 Å². The van der Waals surface area contributed by atoms with Crippen molar-refractivity contribution in [1.82, 2.24) is 4.57 Å². The lowest BCUT2D eigenvalue weighted by atomic mass is 10.2. The van der Waals surface area contributed by atoms with Crippen LogP contribution in [-0.4, -0.2) is 18.7 Å². The number of aromatic nitrogens is 1. The maximum Gasteiger partial charge on any atom is 0.179 e. The van der Waals surface area contributed by atoms with Gasteiger partial charge in [0, 0.05) is 18.1 Å². The number of nitrogens with two attached hydrogens (primary N) is 1. The summed E-state index contributed by atoms with van der Waals surface area (Å²) in [6, 6.07) is 10.6. The first-order chi connectivity index (χ1) is 9.58. The van der Waals surface area contributed by atoms with Gasteiger partial charge in [-0.25, -0.2) is 8.42 Å². The molecule has 1 aromatic carbocycles. The molecule has 0 amide bonds. The van der Waals surface area contributed by atoms with Gasteiger partial charge in [-0.3, -0.25) is 5.84 Å². The molecule has 0 fully saturated rings. The van der Waals surface area contributed by atoms with E-state index in [-0.39, 0.29) is 5.75 Å². The van der Waals surface area contributed by atoms with Crippen LogP contribution < -0.4 is 11.3 Å². The summed E-state index contributed by atoms with van der Waals surface area (Å²) in [6.45, 7) is 3.52. The zero-order valence-electron chi connectivity index (χ0n) is 10.9. The van der Waals surface area contributed by atoms with E-state index in [9.17, 15) is 8.42 Å². The van der Waals surface area contributed by atoms with Crippen LogP contribution in [0.4, 0.5) is 5.69 Å². The molecule has 2 aromatic rings. The van der Waals surface area contributed by atoms with E-state index in [1.807, 2.05) is 0 Å². The van der Waals surface area contributed by atoms with Crippen molar-refractivity contribution in [3.8, 4) is 0 Å². The summed E-state index contributed by atoms with van der Waals surface area (Å²) < 4.78 is 26.6. The lowest BCUT2D eigenvalue weighted by molar-refractivity contribution is 0.571. The number of nitrogens with one attached hydrogen (secondary N) is 1. The van der Waals surface area contributed by atoms with Crippen LogP contribution in [0.15, 0.2) is 61.4 Å². The fourth-order valence-corrected chi connectivity index (χ4v) is 3.66. The third-order valence-corrected chi connectivity index (χ3v) is 4.85. The molecule has 6 heteroatoms. The van der Waals surface area contributed by atoms with Crippen LogP contribution >= 0.6 is 0 Å². The number of sulfone groups is 1. The van der Waals surface area contributed by atoms with E-state index in [0.29, 0.717) is 5.56 Å². The number of nitrogen functional groups attached to an aromatic ring is 1. The molecule has 3 N–H and O–H groups in total. The molecule has 0 bridgehead atoms. The van der Waals surface area contributed by atoms with Crippen LogP contribution in [0.3, 0.4) is 0 Å². The second-order valence-electron chi connectivity index (χ2n) is 4.37. The Hall–Kier alpha value is -2.05. The van der Waals surface area contributed by atoms with Crippen LogP contribution in [0.25, 0.3) is 0 Å². The van der Waals surface area contributed by atoms with Gasteiger partial charge < -0.3 is 9.99 Å². The van der Waals surface area contributed by atoms with Crippen molar-refractivity contribution in [2.24, 2.45) is 5.84 Å². The van der Waals surface area contributed by atoms with E-state index in [4.69, 9.17) is 5.84 Å². The second kappa shape index (κ2) is 5.94. The Labute approximate surface area is 118 Å². The van der Waals surface area contributed by atoms with Crippen molar-refractivity contribution in [2.45, 2.75) is 5.37 Å². The number of benzene rings is 1. The summed E-state index contributed by atoms with van der Waals surface area (Å²) in [6.07, 6.45) is 4.88. The minimum Gasteiger partial charge on any atom is -0.333 e. The highest BCUT2D eigenvalue weighted by atomic mass is 32.2. The van der Waals surface area contributed by atoms with Crippen molar-refractivity contribution in [1.29, 1.82) is 0 Å². The van der Waals surface area contributed by atoms with Gasteiger partial charge in [-0.1, -0.05) is 18.2 Å². The molecule has 1 heterocycles. The molecular formula is C14H17N3O2S. The topological polar surface area (TPSA) is 77.1 Å². The van der Waals surface area contributed by atoms with Gasteiger partial charge in [0.2, 0.25) is 0 Å². The molecule has 1 atom stereocenters. The standard InChI is InChI=1S/C14H17N3O2S/c1-2-11-20(18,19)14(17-9-3-4-10-17)12-5-7-13(16-15)8-6-12/h2-10,14,16H,1,11,15H2. The smallest absolute Gasteiger partial charge is 0.179 e. The van der Waals surface area contributed by atoms with E-state index in [2.05, 4.69) is 12.0 Å². The van der Waals surface area contributed by atoms with Gasteiger partial charge in [0.25, 0.3) is 0 Å². The van der Waals surface area contributed by atoms with Crippen LogP contribution in [-0.2, 0) is 9.84 Å². The summed E-state index contributed by atoms with van der Waals surface area (Å²) >= 11 is 0. The Kier molecular flexibility index (Phi) is 4.26. The van der Waals surface area contributed by atoms with E-state index in [1.165, 1.54) is 6.08 Å². The third kappa shape index (κ3) is 2.92. The first-order valence-electron chi connectivity index (χ1n) is 6.10. The largest absolute Gasteiger partial charge is 0.333 e. The number of nitrogens with zero attached hydrogens (tertiary/aromatic N) is 1. The number of rotatable bonds is 6. The summed E-state index contributed by atoms with van der Waals surface area (Å²) in [7, 11) is -3.37. The Balaban J connectivity index is 2.49. The number of hydrogen-bond acceptors (Lipinski definition) is 4. The van der Waals surface area contributed by atoms with E-state index in [0.717, 1.165) is 5.69 Å². The summed E-state index contributed by atoms with van der Waals surface area (Å²) in [5.41, 5.74) is 3.93. The van der Waals surface area contributed by atoms with Gasteiger partial charge in [0.1, 0.15) is 0 Å². The Morgan fingerprint density at radius 2 is 1.85 bits per heavy atom. The van der Waals surface area contributed by atoms with Crippen LogP contribution in [0.5, 0.6) is 0 Å². The van der Waals surface area contributed by atoms with Gasteiger partial charge in [0.05, 0.1) is 5.75 Å². The van der Waals surface area contributed by atoms with Crippen molar-refractivity contribution in [3.63, 3.8) is 0 Å². The molecule has 0 saturated heterocycles. The minimum atomic E-state index is -3.37. The van der Waals surface area contributed by atoms with Crippen molar-refractivity contribution >= 4 is 15.5 Å². The quantitative estimate of drug-likeness (QED) is 0.484. The average Bonchev–Trinajstić information content (AvgIpc) is 2.93. The highest BCUT2D eigenvalue weighted by molar-refractivity contribution is 7.91. The highest BCUT2D eigenvalue weighted by Crippen LogP contribution is 2.26. The lowest BCUT2D eigenvalue weighted by Crippen LogP contribution is -2.22. The zero-order valence-corrected chi connectivity index (χ0v) is 11.8. The maximum atomic E-state index is 12.5. The van der Waals surface area contributed by atoms with Gasteiger partial charge in [0.15, 0.2) is 15.2 Å². The van der Waals surface area contributed by atoms with Crippen molar-refractivity contribution in [3.05, 3.63) is 67.0 Å². The molecule has 2 rings (SSSR count). The predicted molar refractivity (Wildman–Crippen MR) is 80.8 cm³/mol. The summed E-state index contributed by atoms with van der Waals surface area (Å²) in [5.74, 6) is 5.24. The maximum absolute atomic E-state index is 12.5. The molecule has 0 aliphatic carbocycles. The van der Waals surface area contributed by atoms with Gasteiger partial charge in [-0.15, -0.1) is 6.58 Å². The summed E-state index contributed by atoms with van der Waals surface area (Å²) in [5, 5.41) is -0.762. The highest BCUT2D eigenvalue weighted by Gasteiger charge is 2.27. The number of hydrogen-bond donors (Lipinski definition) is 2.